The molecular formula is C16H29N5S. The fourth-order valence-electron chi connectivity index (χ4n) is 2.89. The van der Waals surface area contributed by atoms with E-state index in [0.717, 1.165) is 37.1 Å². The summed E-state index contributed by atoms with van der Waals surface area (Å²) < 4.78 is 0. The molecule has 1 aliphatic rings. The lowest BCUT2D eigenvalue weighted by Crippen LogP contribution is -2.42. The molecule has 2 unspecified atom stereocenters. The first-order chi connectivity index (χ1) is 10.7. The number of thioether (sulfide) groups is 1. The average molecular weight is 324 g/mol. The molecule has 124 valence electrons. The van der Waals surface area contributed by atoms with Crippen molar-refractivity contribution in [3.8, 4) is 0 Å². The van der Waals surface area contributed by atoms with Crippen molar-refractivity contribution in [1.82, 2.24) is 20.8 Å². The Hall–Kier alpha value is -1.17. The van der Waals surface area contributed by atoms with Crippen LogP contribution in [-0.2, 0) is 6.42 Å². The second-order valence-electron chi connectivity index (χ2n) is 5.90. The molecule has 1 aromatic heterocycles. The van der Waals surface area contributed by atoms with Crippen molar-refractivity contribution in [1.29, 1.82) is 0 Å². The zero-order valence-electron chi connectivity index (χ0n) is 14.0. The molecule has 0 saturated heterocycles. The molecule has 1 saturated carbocycles. The van der Waals surface area contributed by atoms with Gasteiger partial charge in [0, 0.05) is 30.1 Å². The first-order valence-corrected chi connectivity index (χ1v) is 9.58. The van der Waals surface area contributed by atoms with E-state index in [1.807, 2.05) is 18.0 Å². The molecule has 0 aliphatic heterocycles. The quantitative estimate of drug-likeness (QED) is 0.410. The summed E-state index contributed by atoms with van der Waals surface area (Å²) in [5.41, 5.74) is 2.47. The number of nitrogens with zero attached hydrogens (tertiary/aromatic N) is 2. The fourth-order valence-corrected chi connectivity index (χ4v) is 3.68. The van der Waals surface area contributed by atoms with E-state index in [4.69, 9.17) is 4.99 Å². The molecule has 6 heteroatoms. The molecule has 22 heavy (non-hydrogen) atoms. The summed E-state index contributed by atoms with van der Waals surface area (Å²) in [7, 11) is 0. The van der Waals surface area contributed by atoms with Crippen LogP contribution >= 0.6 is 11.8 Å². The Kier molecular flexibility index (Phi) is 7.09. The molecule has 0 spiro atoms. The van der Waals surface area contributed by atoms with Crippen LogP contribution in [0.1, 0.15) is 43.9 Å². The lowest BCUT2D eigenvalue weighted by Gasteiger charge is -2.17. The number of hydrogen-bond acceptors (Lipinski definition) is 3. The van der Waals surface area contributed by atoms with Crippen LogP contribution in [0.25, 0.3) is 0 Å². The third-order valence-corrected chi connectivity index (χ3v) is 5.31. The van der Waals surface area contributed by atoms with E-state index in [1.165, 1.54) is 30.5 Å². The summed E-state index contributed by atoms with van der Waals surface area (Å²) in [5, 5.41) is 14.8. The van der Waals surface area contributed by atoms with E-state index in [0.29, 0.717) is 6.04 Å². The minimum Gasteiger partial charge on any atom is -0.357 e. The number of H-pyrrole nitrogens is 1. The highest BCUT2D eigenvalue weighted by Crippen LogP contribution is 2.27. The van der Waals surface area contributed by atoms with Gasteiger partial charge in [-0.25, -0.2) is 0 Å². The van der Waals surface area contributed by atoms with Gasteiger partial charge in [-0.05, 0) is 57.8 Å². The molecule has 1 heterocycles. The van der Waals surface area contributed by atoms with Gasteiger partial charge in [-0.2, -0.15) is 16.9 Å². The largest absolute Gasteiger partial charge is 0.357 e. The minimum absolute atomic E-state index is 0.575. The number of aryl methyl sites for hydroxylation is 2. The van der Waals surface area contributed by atoms with Gasteiger partial charge in [0.25, 0.3) is 0 Å². The highest BCUT2D eigenvalue weighted by molar-refractivity contribution is 7.99. The van der Waals surface area contributed by atoms with Crippen molar-refractivity contribution < 1.29 is 0 Å². The maximum atomic E-state index is 4.71. The van der Waals surface area contributed by atoms with E-state index < -0.39 is 0 Å². The van der Waals surface area contributed by atoms with Gasteiger partial charge in [0.15, 0.2) is 5.96 Å². The van der Waals surface area contributed by atoms with Gasteiger partial charge < -0.3 is 10.6 Å². The van der Waals surface area contributed by atoms with Crippen LogP contribution in [0.3, 0.4) is 0 Å². The Balaban J connectivity index is 1.76. The number of aliphatic imine (C=N–C) groups is 1. The van der Waals surface area contributed by atoms with Gasteiger partial charge >= 0.3 is 0 Å². The molecule has 0 bridgehead atoms. The van der Waals surface area contributed by atoms with Crippen LogP contribution in [-0.4, -0.2) is 46.8 Å². The van der Waals surface area contributed by atoms with Gasteiger partial charge in [-0.3, -0.25) is 10.1 Å². The number of aromatic nitrogens is 2. The van der Waals surface area contributed by atoms with Crippen LogP contribution in [0.2, 0.25) is 0 Å². The summed E-state index contributed by atoms with van der Waals surface area (Å²) in [4.78, 5) is 4.71. The van der Waals surface area contributed by atoms with E-state index in [9.17, 15) is 0 Å². The maximum Gasteiger partial charge on any atom is 0.191 e. The molecule has 1 aromatic rings. The molecule has 5 nitrogen and oxygen atoms in total. The van der Waals surface area contributed by atoms with Crippen molar-refractivity contribution in [2.24, 2.45) is 4.99 Å². The average Bonchev–Trinajstić information content (AvgIpc) is 3.13. The number of aromatic amines is 1. The monoisotopic (exact) mass is 323 g/mol. The molecule has 3 N–H and O–H groups in total. The first-order valence-electron chi connectivity index (χ1n) is 8.29. The van der Waals surface area contributed by atoms with Crippen molar-refractivity contribution in [3.05, 3.63) is 17.5 Å². The minimum atomic E-state index is 0.575. The molecule has 2 rings (SSSR count). The topological polar surface area (TPSA) is 65.1 Å². The highest BCUT2D eigenvalue weighted by Gasteiger charge is 2.24. The second kappa shape index (κ2) is 9.08. The van der Waals surface area contributed by atoms with Crippen molar-refractivity contribution >= 4 is 17.7 Å². The Morgan fingerprint density at radius 2 is 2.36 bits per heavy atom. The Morgan fingerprint density at radius 3 is 3.00 bits per heavy atom. The molecule has 0 aromatic carbocycles. The molecule has 0 radical (unpaired) electrons. The normalized spacial score (nSPS) is 22.0. The summed E-state index contributed by atoms with van der Waals surface area (Å²) >= 11 is 1.99. The Bertz CT molecular complexity index is 471. The van der Waals surface area contributed by atoms with Crippen molar-refractivity contribution in [3.63, 3.8) is 0 Å². The fraction of sp³-hybridized carbons (Fsp3) is 0.750. The van der Waals surface area contributed by atoms with Gasteiger partial charge in [0.05, 0.1) is 6.20 Å². The van der Waals surface area contributed by atoms with Crippen molar-refractivity contribution in [2.75, 3.05) is 19.3 Å². The van der Waals surface area contributed by atoms with E-state index in [1.54, 1.807) is 0 Å². The standard InChI is InChI=1S/C16H29N5S/c1-4-17-16(20-14-7-8-15(10-14)22-3)18-9-5-6-13-11-19-21-12(13)2/h11,14-15H,4-10H2,1-3H3,(H,19,21)(H2,17,18,20). The van der Waals surface area contributed by atoms with E-state index >= 15 is 0 Å². The van der Waals surface area contributed by atoms with E-state index in [-0.39, 0.29) is 0 Å². The lowest BCUT2D eigenvalue weighted by molar-refractivity contribution is 0.614. The van der Waals surface area contributed by atoms with Crippen LogP contribution in [0.5, 0.6) is 0 Å². The van der Waals surface area contributed by atoms with Crippen LogP contribution < -0.4 is 10.6 Å². The summed E-state index contributed by atoms with van der Waals surface area (Å²) in [6.45, 7) is 5.94. The van der Waals surface area contributed by atoms with Gasteiger partial charge in [-0.15, -0.1) is 0 Å². The molecule has 1 aliphatic carbocycles. The number of nitrogens with one attached hydrogen (secondary N) is 3. The van der Waals surface area contributed by atoms with Crippen LogP contribution in [0.15, 0.2) is 11.2 Å². The number of guanidine groups is 1. The van der Waals surface area contributed by atoms with Gasteiger partial charge in [0.2, 0.25) is 0 Å². The molecule has 1 fully saturated rings. The summed E-state index contributed by atoms with van der Waals surface area (Å²) in [5.74, 6) is 0.971. The van der Waals surface area contributed by atoms with Gasteiger partial charge in [-0.1, -0.05) is 0 Å². The Labute approximate surface area is 138 Å². The SMILES string of the molecule is CCNC(=NCCCc1cn[nH]c1C)NC1CCC(SC)C1. The predicted octanol–water partition coefficient (Wildman–Crippen LogP) is 2.49. The molecule has 0 amide bonds. The summed E-state index contributed by atoms with van der Waals surface area (Å²) in [6.07, 6.45) is 10.0. The highest BCUT2D eigenvalue weighted by atomic mass is 32.2. The lowest BCUT2D eigenvalue weighted by atomic mass is 10.1. The third kappa shape index (κ3) is 5.23. The van der Waals surface area contributed by atoms with E-state index in [2.05, 4.69) is 40.9 Å². The zero-order valence-corrected chi connectivity index (χ0v) is 14.8. The van der Waals surface area contributed by atoms with Gasteiger partial charge in [0.1, 0.15) is 0 Å². The number of rotatable bonds is 7. The third-order valence-electron chi connectivity index (χ3n) is 4.21. The Morgan fingerprint density at radius 1 is 1.50 bits per heavy atom. The predicted molar refractivity (Wildman–Crippen MR) is 95.7 cm³/mol. The molecular weight excluding hydrogens is 294 g/mol. The van der Waals surface area contributed by atoms with Crippen LogP contribution in [0, 0.1) is 6.92 Å². The zero-order chi connectivity index (χ0) is 15.8. The smallest absolute Gasteiger partial charge is 0.191 e. The van der Waals surface area contributed by atoms with Crippen LogP contribution in [0.4, 0.5) is 0 Å². The molecule has 2 atom stereocenters. The maximum absolute atomic E-state index is 4.71. The first kappa shape index (κ1) is 17.2. The second-order valence-corrected chi connectivity index (χ2v) is 7.03. The number of hydrogen-bond donors (Lipinski definition) is 3. The summed E-state index contributed by atoms with van der Waals surface area (Å²) in [6, 6.07) is 0.575. The van der Waals surface area contributed by atoms with Crippen molar-refractivity contribution in [2.45, 2.75) is 57.2 Å².